The zero-order valence-corrected chi connectivity index (χ0v) is 15.5. The number of ether oxygens (including phenoxy) is 1. The molecule has 0 bridgehead atoms. The number of anilines is 1. The standard InChI is InChI=1S/C17H13F6N3O2S/c1-9-7-29-15-25-11(5-14(27)26(9)15)6-24-12-4-10(17(21,22)23)2-3-13(12)28-8-16(18,19)20/h2-5,7,24H,6,8H2,1H3. The quantitative estimate of drug-likeness (QED) is 0.591. The minimum Gasteiger partial charge on any atom is -0.482 e. The molecular weight excluding hydrogens is 424 g/mol. The van der Waals surface area contributed by atoms with Gasteiger partial charge in [-0.1, -0.05) is 0 Å². The Bertz CT molecular complexity index is 1090. The van der Waals surface area contributed by atoms with Crippen molar-refractivity contribution in [3.8, 4) is 5.75 Å². The van der Waals surface area contributed by atoms with Crippen LogP contribution >= 0.6 is 11.3 Å². The second kappa shape index (κ2) is 7.58. The van der Waals surface area contributed by atoms with Gasteiger partial charge in [0.15, 0.2) is 11.6 Å². The molecule has 0 spiro atoms. The lowest BCUT2D eigenvalue weighted by Gasteiger charge is -2.16. The highest BCUT2D eigenvalue weighted by Gasteiger charge is 2.32. The molecule has 3 aromatic rings. The number of aryl methyl sites for hydroxylation is 1. The number of benzene rings is 1. The maximum absolute atomic E-state index is 13.0. The third-order valence-electron chi connectivity index (χ3n) is 3.79. The van der Waals surface area contributed by atoms with E-state index >= 15 is 0 Å². The van der Waals surface area contributed by atoms with Gasteiger partial charge in [-0.2, -0.15) is 26.3 Å². The first-order valence-electron chi connectivity index (χ1n) is 8.05. The van der Waals surface area contributed by atoms with Crippen molar-refractivity contribution >= 4 is 22.0 Å². The second-order valence-corrected chi connectivity index (χ2v) is 6.88. The number of nitrogens with zero attached hydrogens (tertiary/aromatic N) is 2. The number of alkyl halides is 6. The van der Waals surface area contributed by atoms with Gasteiger partial charge in [0, 0.05) is 17.1 Å². The van der Waals surface area contributed by atoms with Crippen LogP contribution in [0.15, 0.2) is 34.4 Å². The van der Waals surface area contributed by atoms with E-state index in [4.69, 9.17) is 0 Å². The Hall–Kier alpha value is -2.76. The number of rotatable bonds is 5. The number of halogens is 6. The molecule has 0 saturated carbocycles. The van der Waals surface area contributed by atoms with Crippen LogP contribution < -0.4 is 15.6 Å². The minimum absolute atomic E-state index is 0.188. The van der Waals surface area contributed by atoms with Crippen molar-refractivity contribution in [2.24, 2.45) is 0 Å². The van der Waals surface area contributed by atoms with Gasteiger partial charge in [0.25, 0.3) is 5.56 Å². The molecule has 0 aliphatic heterocycles. The van der Waals surface area contributed by atoms with Gasteiger partial charge in [-0.15, -0.1) is 11.3 Å². The molecule has 1 N–H and O–H groups in total. The van der Waals surface area contributed by atoms with Crippen molar-refractivity contribution in [1.29, 1.82) is 0 Å². The third kappa shape index (κ3) is 5.00. The maximum Gasteiger partial charge on any atom is 0.422 e. The number of hydrogen-bond acceptors (Lipinski definition) is 5. The summed E-state index contributed by atoms with van der Waals surface area (Å²) in [6.45, 7) is -0.128. The molecule has 1 aromatic carbocycles. The fourth-order valence-corrected chi connectivity index (χ4v) is 3.40. The van der Waals surface area contributed by atoms with Gasteiger partial charge in [0.05, 0.1) is 23.5 Å². The van der Waals surface area contributed by atoms with E-state index in [0.717, 1.165) is 6.07 Å². The lowest BCUT2D eigenvalue weighted by molar-refractivity contribution is -0.153. The fraction of sp³-hybridized carbons (Fsp3) is 0.294. The highest BCUT2D eigenvalue weighted by molar-refractivity contribution is 7.15. The first-order valence-corrected chi connectivity index (χ1v) is 8.93. The summed E-state index contributed by atoms with van der Waals surface area (Å²) in [6, 6.07) is 3.28. The summed E-state index contributed by atoms with van der Waals surface area (Å²) >= 11 is 1.21. The van der Waals surface area contributed by atoms with E-state index in [1.54, 1.807) is 12.3 Å². The van der Waals surface area contributed by atoms with Crippen LogP contribution in [-0.4, -0.2) is 22.2 Å². The number of nitrogens with one attached hydrogen (secondary N) is 1. The number of aromatic nitrogens is 2. The van der Waals surface area contributed by atoms with Crippen LogP contribution in [0.5, 0.6) is 5.75 Å². The molecule has 0 unspecified atom stereocenters. The monoisotopic (exact) mass is 437 g/mol. The van der Waals surface area contributed by atoms with Crippen molar-refractivity contribution < 1.29 is 31.1 Å². The van der Waals surface area contributed by atoms with Gasteiger partial charge >= 0.3 is 12.4 Å². The Morgan fingerprint density at radius 1 is 1.17 bits per heavy atom. The number of fused-ring (bicyclic) bond motifs is 1. The average molecular weight is 437 g/mol. The van der Waals surface area contributed by atoms with E-state index in [-0.39, 0.29) is 23.5 Å². The summed E-state index contributed by atoms with van der Waals surface area (Å²) in [7, 11) is 0. The third-order valence-corrected chi connectivity index (χ3v) is 4.73. The zero-order chi connectivity index (χ0) is 21.4. The fourth-order valence-electron chi connectivity index (χ4n) is 2.51. The molecule has 0 fully saturated rings. The Labute approximate surface area is 163 Å². The highest BCUT2D eigenvalue weighted by atomic mass is 32.1. The predicted octanol–water partition coefficient (Wildman–Crippen LogP) is 4.64. The zero-order valence-electron chi connectivity index (χ0n) is 14.7. The molecule has 29 heavy (non-hydrogen) atoms. The van der Waals surface area contributed by atoms with Crippen molar-refractivity contribution in [3.05, 3.63) is 57.0 Å². The largest absolute Gasteiger partial charge is 0.482 e. The molecule has 156 valence electrons. The normalized spacial score (nSPS) is 12.4. The first-order chi connectivity index (χ1) is 13.4. The number of hydrogen-bond donors (Lipinski definition) is 1. The highest BCUT2D eigenvalue weighted by Crippen LogP contribution is 2.35. The Morgan fingerprint density at radius 3 is 2.55 bits per heavy atom. The van der Waals surface area contributed by atoms with Crippen LogP contribution in [0.4, 0.5) is 32.0 Å². The molecule has 0 atom stereocenters. The molecular formula is C17H13F6N3O2S. The van der Waals surface area contributed by atoms with Gasteiger partial charge < -0.3 is 10.1 Å². The van der Waals surface area contributed by atoms with E-state index in [1.807, 2.05) is 0 Å². The molecule has 0 saturated heterocycles. The molecule has 0 radical (unpaired) electrons. The predicted molar refractivity (Wildman–Crippen MR) is 94.4 cm³/mol. The van der Waals surface area contributed by atoms with E-state index in [9.17, 15) is 31.1 Å². The average Bonchev–Trinajstić information content (AvgIpc) is 2.98. The molecule has 12 heteroatoms. The van der Waals surface area contributed by atoms with E-state index < -0.39 is 30.3 Å². The van der Waals surface area contributed by atoms with Gasteiger partial charge in [0.2, 0.25) is 0 Å². The molecule has 0 amide bonds. The van der Waals surface area contributed by atoms with Crippen LogP contribution in [0.3, 0.4) is 0 Å². The first kappa shape index (κ1) is 21.0. The van der Waals surface area contributed by atoms with Crippen LogP contribution in [-0.2, 0) is 12.7 Å². The molecule has 5 nitrogen and oxygen atoms in total. The SMILES string of the molecule is Cc1csc2nc(CNc3cc(C(F)(F)F)ccc3OCC(F)(F)F)cc(=O)n12. The van der Waals surface area contributed by atoms with E-state index in [0.29, 0.717) is 22.8 Å². The minimum atomic E-state index is -4.69. The van der Waals surface area contributed by atoms with Crippen molar-refractivity contribution in [3.63, 3.8) is 0 Å². The molecule has 0 aliphatic carbocycles. The molecule has 3 rings (SSSR count). The van der Waals surface area contributed by atoms with Crippen molar-refractivity contribution in [1.82, 2.24) is 9.38 Å². The van der Waals surface area contributed by atoms with Crippen LogP contribution in [0.1, 0.15) is 17.0 Å². The van der Waals surface area contributed by atoms with Crippen LogP contribution in [0.25, 0.3) is 4.96 Å². The topological polar surface area (TPSA) is 55.6 Å². The summed E-state index contributed by atoms with van der Waals surface area (Å²) in [4.78, 5) is 16.8. The second-order valence-electron chi connectivity index (χ2n) is 6.05. The smallest absolute Gasteiger partial charge is 0.422 e. The molecule has 2 heterocycles. The lowest BCUT2D eigenvalue weighted by Crippen LogP contribution is -2.20. The summed E-state index contributed by atoms with van der Waals surface area (Å²) in [5.41, 5.74) is -0.827. The van der Waals surface area contributed by atoms with Crippen molar-refractivity contribution in [2.75, 3.05) is 11.9 Å². The Balaban J connectivity index is 1.88. The van der Waals surface area contributed by atoms with Crippen molar-refractivity contribution in [2.45, 2.75) is 25.8 Å². The number of thiazole rings is 1. The summed E-state index contributed by atoms with van der Waals surface area (Å²) in [5, 5.41) is 4.30. The summed E-state index contributed by atoms with van der Waals surface area (Å²) in [6.07, 6.45) is -9.35. The lowest BCUT2D eigenvalue weighted by atomic mass is 10.1. The summed E-state index contributed by atoms with van der Waals surface area (Å²) < 4.78 is 82.1. The van der Waals surface area contributed by atoms with E-state index in [2.05, 4.69) is 15.0 Å². The molecule has 2 aromatic heterocycles. The Morgan fingerprint density at radius 2 is 1.90 bits per heavy atom. The van der Waals surface area contributed by atoms with Gasteiger partial charge in [-0.3, -0.25) is 9.20 Å². The van der Waals surface area contributed by atoms with Gasteiger partial charge in [0.1, 0.15) is 5.75 Å². The van der Waals surface area contributed by atoms with E-state index in [1.165, 1.54) is 21.8 Å². The van der Waals surface area contributed by atoms with Crippen LogP contribution in [0, 0.1) is 6.92 Å². The van der Waals surface area contributed by atoms with Gasteiger partial charge in [-0.05, 0) is 25.1 Å². The summed E-state index contributed by atoms with van der Waals surface area (Å²) in [5.74, 6) is -0.403. The maximum atomic E-state index is 13.0. The van der Waals surface area contributed by atoms with Gasteiger partial charge in [-0.25, -0.2) is 4.98 Å². The Kier molecular flexibility index (Phi) is 5.48. The molecule has 0 aliphatic rings. The van der Waals surface area contributed by atoms with Crippen LogP contribution in [0.2, 0.25) is 0 Å².